The number of ether oxygens (including phenoxy) is 1. The Bertz CT molecular complexity index is 1100. The summed E-state index contributed by atoms with van der Waals surface area (Å²) in [6.07, 6.45) is 12.0. The van der Waals surface area contributed by atoms with Gasteiger partial charge in [0.2, 0.25) is 0 Å². The SMILES string of the molecule is CCCCC1CN(CC2(C#N)CCCCC2)C(=O)OC12CCN(C1CCN(C(=O)c3c(C)cccc3C)CC1)CC2. The van der Waals surface area contributed by atoms with Crippen LogP contribution in [0, 0.1) is 36.5 Å². The third kappa shape index (κ3) is 6.28. The maximum atomic E-state index is 13.4. The summed E-state index contributed by atoms with van der Waals surface area (Å²) in [5, 5.41) is 10.0. The molecule has 4 fully saturated rings. The van der Waals surface area contributed by atoms with Gasteiger partial charge in [0.1, 0.15) is 5.60 Å². The van der Waals surface area contributed by atoms with Crippen molar-refractivity contribution < 1.29 is 14.3 Å². The normalized spacial score (nSPS) is 25.1. The summed E-state index contributed by atoms with van der Waals surface area (Å²) in [7, 11) is 0. The smallest absolute Gasteiger partial charge is 0.410 e. The predicted molar refractivity (Wildman–Crippen MR) is 161 cm³/mol. The number of benzene rings is 1. The lowest BCUT2D eigenvalue weighted by molar-refractivity contribution is -0.129. The molecule has 7 nitrogen and oxygen atoms in total. The van der Waals surface area contributed by atoms with E-state index in [1.165, 1.54) is 6.42 Å². The van der Waals surface area contributed by atoms with Gasteiger partial charge < -0.3 is 14.5 Å². The van der Waals surface area contributed by atoms with Crippen molar-refractivity contribution >= 4 is 12.0 Å². The molecule has 7 heteroatoms. The van der Waals surface area contributed by atoms with Gasteiger partial charge >= 0.3 is 6.09 Å². The van der Waals surface area contributed by atoms with Crippen LogP contribution in [-0.4, -0.2) is 77.6 Å². The number of nitrogens with zero attached hydrogens (tertiary/aromatic N) is 4. The number of rotatable bonds is 7. The predicted octanol–water partition coefficient (Wildman–Crippen LogP) is 6.48. The van der Waals surface area contributed by atoms with Crippen LogP contribution in [0.1, 0.15) is 105 Å². The molecule has 5 rings (SSSR count). The van der Waals surface area contributed by atoms with Crippen LogP contribution < -0.4 is 0 Å². The zero-order chi connectivity index (χ0) is 29.0. The van der Waals surface area contributed by atoms with Gasteiger partial charge in [0, 0.05) is 69.6 Å². The molecule has 4 aliphatic rings. The first-order valence-corrected chi connectivity index (χ1v) is 16.3. The maximum absolute atomic E-state index is 13.4. The minimum Gasteiger partial charge on any atom is -0.442 e. The van der Waals surface area contributed by atoms with Crippen molar-refractivity contribution in [2.75, 3.05) is 39.3 Å². The summed E-state index contributed by atoms with van der Waals surface area (Å²) in [5.41, 5.74) is 2.18. The molecule has 0 aromatic heterocycles. The number of carbonyl (C=O) groups excluding carboxylic acids is 2. The third-order valence-electron chi connectivity index (χ3n) is 10.8. The first kappa shape index (κ1) is 29.9. The van der Waals surface area contributed by atoms with Crippen molar-refractivity contribution in [2.45, 2.75) is 109 Å². The molecule has 224 valence electrons. The summed E-state index contributed by atoms with van der Waals surface area (Å²) < 4.78 is 6.42. The number of hydrogen-bond donors (Lipinski definition) is 0. The van der Waals surface area contributed by atoms with Gasteiger partial charge in [-0.05, 0) is 57.1 Å². The second kappa shape index (κ2) is 12.7. The van der Waals surface area contributed by atoms with E-state index in [0.29, 0.717) is 18.5 Å². The molecule has 3 saturated heterocycles. The van der Waals surface area contributed by atoms with Crippen LogP contribution >= 0.6 is 0 Å². The number of piperidine rings is 2. The minimum atomic E-state index is -0.408. The topological polar surface area (TPSA) is 76.9 Å². The standard InChI is InChI=1S/C34H50N4O3/c1-4-5-12-28-23-38(25-33(24-35)15-7-6-8-16-33)32(40)41-34(28)17-21-36(22-18-34)29-13-19-37(20-14-29)31(39)30-26(2)10-9-11-27(30)3/h9-11,28-29H,4-8,12-23,25H2,1-3H3. The summed E-state index contributed by atoms with van der Waals surface area (Å²) in [6, 6.07) is 9.15. The molecule has 1 spiro atoms. The first-order chi connectivity index (χ1) is 19.8. The second-order valence-electron chi connectivity index (χ2n) is 13.4. The lowest BCUT2D eigenvalue weighted by Crippen LogP contribution is -2.62. The van der Waals surface area contributed by atoms with E-state index >= 15 is 0 Å². The molecule has 1 aliphatic carbocycles. The number of aryl methyl sites for hydroxylation is 2. The molecule has 0 N–H and O–H groups in total. The van der Waals surface area contributed by atoms with Crippen LogP contribution in [0.15, 0.2) is 18.2 Å². The van der Waals surface area contributed by atoms with Crippen molar-refractivity contribution in [2.24, 2.45) is 11.3 Å². The van der Waals surface area contributed by atoms with Crippen molar-refractivity contribution in [1.29, 1.82) is 5.26 Å². The van der Waals surface area contributed by atoms with Crippen molar-refractivity contribution in [3.05, 3.63) is 34.9 Å². The molecule has 3 aliphatic heterocycles. The van der Waals surface area contributed by atoms with E-state index in [9.17, 15) is 14.9 Å². The van der Waals surface area contributed by atoms with Crippen LogP contribution in [0.2, 0.25) is 0 Å². The highest BCUT2D eigenvalue weighted by atomic mass is 16.6. The van der Waals surface area contributed by atoms with Gasteiger partial charge in [-0.3, -0.25) is 9.69 Å². The highest BCUT2D eigenvalue weighted by Gasteiger charge is 2.51. The van der Waals surface area contributed by atoms with Crippen LogP contribution in [-0.2, 0) is 4.74 Å². The Labute approximate surface area is 247 Å². The van der Waals surface area contributed by atoms with Crippen molar-refractivity contribution in [3.63, 3.8) is 0 Å². The molecule has 1 aromatic rings. The Morgan fingerprint density at radius 2 is 1.68 bits per heavy atom. The van der Waals surface area contributed by atoms with E-state index in [1.54, 1.807) is 0 Å². The van der Waals surface area contributed by atoms with Gasteiger partial charge in [0.05, 0.1) is 11.5 Å². The third-order valence-corrected chi connectivity index (χ3v) is 10.8. The molecule has 0 radical (unpaired) electrons. The number of likely N-dealkylation sites (tertiary alicyclic amines) is 2. The zero-order valence-electron chi connectivity index (χ0n) is 25.6. The Hall–Kier alpha value is -2.59. The summed E-state index contributed by atoms with van der Waals surface area (Å²) in [6.45, 7) is 11.0. The number of amides is 2. The fraction of sp³-hybridized carbons (Fsp3) is 0.735. The number of hydrogen-bond acceptors (Lipinski definition) is 5. The molecule has 1 unspecified atom stereocenters. The highest BCUT2D eigenvalue weighted by Crippen LogP contribution is 2.44. The highest BCUT2D eigenvalue weighted by molar-refractivity contribution is 5.97. The average Bonchev–Trinajstić information content (AvgIpc) is 2.99. The lowest BCUT2D eigenvalue weighted by atomic mass is 9.73. The van der Waals surface area contributed by atoms with Crippen LogP contribution in [0.25, 0.3) is 0 Å². The van der Waals surface area contributed by atoms with E-state index in [2.05, 4.69) is 17.9 Å². The lowest BCUT2D eigenvalue weighted by Gasteiger charge is -2.53. The average molecular weight is 563 g/mol. The molecule has 1 atom stereocenters. The van der Waals surface area contributed by atoms with Gasteiger partial charge in [-0.15, -0.1) is 0 Å². The Morgan fingerprint density at radius 3 is 2.29 bits per heavy atom. The molecular formula is C34H50N4O3. The van der Waals surface area contributed by atoms with Crippen molar-refractivity contribution in [1.82, 2.24) is 14.7 Å². The Morgan fingerprint density at radius 1 is 1.02 bits per heavy atom. The Balaban J connectivity index is 1.18. The van der Waals surface area contributed by atoms with Gasteiger partial charge in [-0.2, -0.15) is 5.26 Å². The first-order valence-electron chi connectivity index (χ1n) is 16.3. The Kier molecular flexibility index (Phi) is 9.28. The molecule has 41 heavy (non-hydrogen) atoms. The summed E-state index contributed by atoms with van der Waals surface area (Å²) in [4.78, 5) is 33.2. The molecular weight excluding hydrogens is 512 g/mol. The number of unbranched alkanes of at least 4 members (excludes halogenated alkanes) is 1. The van der Waals surface area contributed by atoms with E-state index in [-0.39, 0.29) is 17.6 Å². The molecule has 2 amide bonds. The maximum Gasteiger partial charge on any atom is 0.410 e. The van der Waals surface area contributed by atoms with Gasteiger partial charge in [-0.1, -0.05) is 57.2 Å². The number of carbonyl (C=O) groups is 2. The minimum absolute atomic E-state index is 0.167. The fourth-order valence-corrected chi connectivity index (χ4v) is 8.18. The van der Waals surface area contributed by atoms with E-state index in [1.807, 2.05) is 41.8 Å². The quantitative estimate of drug-likeness (QED) is 0.380. The molecule has 1 aromatic carbocycles. The fourth-order valence-electron chi connectivity index (χ4n) is 8.18. The molecule has 1 saturated carbocycles. The van der Waals surface area contributed by atoms with E-state index in [4.69, 9.17) is 4.74 Å². The van der Waals surface area contributed by atoms with Gasteiger partial charge in [0.25, 0.3) is 5.91 Å². The van der Waals surface area contributed by atoms with Gasteiger partial charge in [-0.25, -0.2) is 4.79 Å². The van der Waals surface area contributed by atoms with Gasteiger partial charge in [0.15, 0.2) is 0 Å². The second-order valence-corrected chi connectivity index (χ2v) is 13.4. The van der Waals surface area contributed by atoms with Crippen LogP contribution in [0.3, 0.4) is 0 Å². The van der Waals surface area contributed by atoms with Crippen LogP contribution in [0.5, 0.6) is 0 Å². The monoisotopic (exact) mass is 562 g/mol. The molecule has 0 bridgehead atoms. The number of nitriles is 1. The van der Waals surface area contributed by atoms with Crippen molar-refractivity contribution in [3.8, 4) is 6.07 Å². The zero-order valence-corrected chi connectivity index (χ0v) is 25.6. The van der Waals surface area contributed by atoms with Crippen LogP contribution in [0.4, 0.5) is 4.79 Å². The largest absolute Gasteiger partial charge is 0.442 e. The van der Waals surface area contributed by atoms with E-state index < -0.39 is 5.41 Å². The molecule has 3 heterocycles. The summed E-state index contributed by atoms with van der Waals surface area (Å²) >= 11 is 0. The summed E-state index contributed by atoms with van der Waals surface area (Å²) in [5.74, 6) is 0.485. The van der Waals surface area contributed by atoms with E-state index in [0.717, 1.165) is 120 Å².